The third kappa shape index (κ3) is 4.01. The van der Waals surface area contributed by atoms with Gasteiger partial charge in [-0.1, -0.05) is 48.0 Å². The molecule has 4 rings (SSSR count). The van der Waals surface area contributed by atoms with E-state index in [1.807, 2.05) is 18.2 Å². The third-order valence-corrected chi connectivity index (χ3v) is 5.18. The molecule has 27 heavy (non-hydrogen) atoms. The van der Waals surface area contributed by atoms with Gasteiger partial charge in [-0.3, -0.25) is 9.69 Å². The molecule has 140 valence electrons. The highest BCUT2D eigenvalue weighted by Gasteiger charge is 2.28. The number of aromatic nitrogens is 2. The van der Waals surface area contributed by atoms with Crippen LogP contribution < -0.4 is 0 Å². The number of likely N-dealkylation sites (tertiary alicyclic amines) is 1. The minimum Gasteiger partial charge on any atom is -0.481 e. The molecule has 1 N–H and O–H groups in total. The first-order valence-electron chi connectivity index (χ1n) is 9.49. The molecule has 1 saturated heterocycles. The lowest BCUT2D eigenvalue weighted by atomic mass is 10.0. The maximum atomic E-state index is 10.8. The van der Waals surface area contributed by atoms with E-state index < -0.39 is 5.97 Å². The van der Waals surface area contributed by atoms with Crippen LogP contribution >= 0.6 is 0 Å². The number of hydrogen-bond acceptors (Lipinski definition) is 5. The van der Waals surface area contributed by atoms with E-state index in [9.17, 15) is 4.79 Å². The van der Waals surface area contributed by atoms with Gasteiger partial charge in [0.2, 0.25) is 11.7 Å². The lowest BCUT2D eigenvalue weighted by Gasteiger charge is -2.33. The van der Waals surface area contributed by atoms with Crippen LogP contribution in [-0.4, -0.2) is 39.2 Å². The Morgan fingerprint density at radius 2 is 2.04 bits per heavy atom. The molecule has 2 heterocycles. The Labute approximate surface area is 157 Å². The Hall–Kier alpha value is -2.73. The maximum Gasteiger partial charge on any atom is 0.303 e. The molecule has 1 fully saturated rings. The molecule has 0 radical (unpaired) electrons. The van der Waals surface area contributed by atoms with E-state index in [-0.39, 0.29) is 12.5 Å². The molecule has 3 aromatic rings. The molecule has 6 heteroatoms. The highest BCUT2D eigenvalue weighted by atomic mass is 16.5. The van der Waals surface area contributed by atoms with Crippen LogP contribution in [0.1, 0.15) is 44.0 Å². The summed E-state index contributed by atoms with van der Waals surface area (Å²) in [5, 5.41) is 15.4. The average molecular weight is 365 g/mol. The van der Waals surface area contributed by atoms with E-state index in [0.717, 1.165) is 43.3 Å². The van der Waals surface area contributed by atoms with E-state index in [0.29, 0.717) is 18.1 Å². The van der Waals surface area contributed by atoms with Crippen LogP contribution in [0.3, 0.4) is 0 Å². The summed E-state index contributed by atoms with van der Waals surface area (Å²) >= 11 is 0. The molecule has 0 bridgehead atoms. The normalized spacial score (nSPS) is 18.0. The minimum absolute atomic E-state index is 0.0780. The molecule has 0 amide bonds. The van der Waals surface area contributed by atoms with E-state index in [2.05, 4.69) is 39.3 Å². The number of benzene rings is 2. The topological polar surface area (TPSA) is 79.5 Å². The van der Waals surface area contributed by atoms with Crippen LogP contribution in [0, 0.1) is 0 Å². The van der Waals surface area contributed by atoms with Gasteiger partial charge < -0.3 is 9.63 Å². The summed E-state index contributed by atoms with van der Waals surface area (Å²) in [5.74, 6) is 0.486. The zero-order valence-corrected chi connectivity index (χ0v) is 15.2. The van der Waals surface area contributed by atoms with Crippen molar-refractivity contribution < 1.29 is 14.4 Å². The predicted molar refractivity (Wildman–Crippen MR) is 102 cm³/mol. The van der Waals surface area contributed by atoms with Gasteiger partial charge in [0.25, 0.3) is 0 Å². The highest BCUT2D eigenvalue weighted by Crippen LogP contribution is 2.31. The molecule has 1 atom stereocenters. The van der Waals surface area contributed by atoms with Crippen LogP contribution in [-0.2, 0) is 4.79 Å². The molecule has 1 aliphatic heterocycles. The molecular weight excluding hydrogens is 342 g/mol. The summed E-state index contributed by atoms with van der Waals surface area (Å²) in [4.78, 5) is 17.7. The minimum atomic E-state index is -0.750. The van der Waals surface area contributed by atoms with Crippen LogP contribution in [0.25, 0.3) is 22.2 Å². The number of piperidine rings is 1. The quantitative estimate of drug-likeness (QED) is 0.702. The lowest BCUT2D eigenvalue weighted by Crippen LogP contribution is -2.34. The first kappa shape index (κ1) is 17.7. The molecule has 6 nitrogen and oxygen atoms in total. The second-order valence-electron chi connectivity index (χ2n) is 7.06. The molecule has 0 unspecified atom stereocenters. The van der Waals surface area contributed by atoms with Crippen molar-refractivity contribution in [2.45, 2.75) is 38.1 Å². The van der Waals surface area contributed by atoms with Gasteiger partial charge in [0, 0.05) is 12.0 Å². The predicted octanol–water partition coefficient (Wildman–Crippen LogP) is 4.28. The molecular formula is C21H23N3O3. The van der Waals surface area contributed by atoms with Gasteiger partial charge in [-0.05, 0) is 49.2 Å². The number of nitrogens with zero attached hydrogens (tertiary/aromatic N) is 3. The summed E-state index contributed by atoms with van der Waals surface area (Å²) in [6.45, 7) is 1.68. The van der Waals surface area contributed by atoms with Gasteiger partial charge in [0.15, 0.2) is 0 Å². The van der Waals surface area contributed by atoms with Crippen molar-refractivity contribution in [3.8, 4) is 11.4 Å². The zero-order chi connectivity index (χ0) is 18.6. The van der Waals surface area contributed by atoms with Crippen molar-refractivity contribution in [1.82, 2.24) is 15.0 Å². The van der Waals surface area contributed by atoms with Gasteiger partial charge in [0.05, 0.1) is 6.04 Å². The Kier molecular flexibility index (Phi) is 5.16. The molecule has 2 aromatic carbocycles. The average Bonchev–Trinajstić information content (AvgIpc) is 3.18. The number of carboxylic acids is 1. The monoisotopic (exact) mass is 365 g/mol. The van der Waals surface area contributed by atoms with Crippen molar-refractivity contribution in [3.05, 3.63) is 48.4 Å². The summed E-state index contributed by atoms with van der Waals surface area (Å²) < 4.78 is 5.61. The number of hydrogen-bond donors (Lipinski definition) is 1. The van der Waals surface area contributed by atoms with Gasteiger partial charge in [0.1, 0.15) is 0 Å². The number of fused-ring (bicyclic) bond motifs is 1. The van der Waals surface area contributed by atoms with Gasteiger partial charge in [-0.25, -0.2) is 0 Å². The number of rotatable bonds is 6. The van der Waals surface area contributed by atoms with Gasteiger partial charge in [-0.2, -0.15) is 4.98 Å². The van der Waals surface area contributed by atoms with Crippen LogP contribution in [0.15, 0.2) is 47.0 Å². The fraction of sp³-hybridized carbons (Fsp3) is 0.381. The Morgan fingerprint density at radius 3 is 2.89 bits per heavy atom. The number of aliphatic carboxylic acids is 1. The molecule has 0 saturated carbocycles. The second kappa shape index (κ2) is 7.88. The first-order chi connectivity index (χ1) is 13.2. The summed E-state index contributed by atoms with van der Waals surface area (Å²) in [7, 11) is 0. The molecule has 0 spiro atoms. The fourth-order valence-electron chi connectivity index (χ4n) is 3.79. The van der Waals surface area contributed by atoms with E-state index in [1.165, 1.54) is 5.39 Å². The van der Waals surface area contributed by atoms with E-state index >= 15 is 0 Å². The Morgan fingerprint density at radius 1 is 1.19 bits per heavy atom. The van der Waals surface area contributed by atoms with Crippen LogP contribution in [0.2, 0.25) is 0 Å². The molecule has 1 aromatic heterocycles. The summed E-state index contributed by atoms with van der Waals surface area (Å²) in [5.41, 5.74) is 0.942. The van der Waals surface area contributed by atoms with Crippen molar-refractivity contribution in [2.75, 3.05) is 13.1 Å². The van der Waals surface area contributed by atoms with Crippen molar-refractivity contribution in [2.24, 2.45) is 0 Å². The largest absolute Gasteiger partial charge is 0.481 e. The van der Waals surface area contributed by atoms with Crippen LogP contribution in [0.5, 0.6) is 0 Å². The zero-order valence-electron chi connectivity index (χ0n) is 15.2. The number of carbonyl (C=O) groups is 1. The second-order valence-corrected chi connectivity index (χ2v) is 7.06. The highest BCUT2D eigenvalue weighted by molar-refractivity contribution is 5.86. The lowest BCUT2D eigenvalue weighted by molar-refractivity contribution is -0.137. The SMILES string of the molecule is O=C(O)CCCN1CCCC[C@H]1c1nc(-c2ccc3ccccc3c2)no1. The Bertz CT molecular complexity index is 937. The fourth-order valence-corrected chi connectivity index (χ4v) is 3.79. The number of carboxylic acid groups (broad SMARTS) is 1. The summed E-state index contributed by atoms with van der Waals surface area (Å²) in [6, 6.07) is 14.4. The smallest absolute Gasteiger partial charge is 0.303 e. The summed E-state index contributed by atoms with van der Waals surface area (Å²) in [6.07, 6.45) is 4.03. The molecule has 1 aliphatic rings. The maximum absolute atomic E-state index is 10.8. The van der Waals surface area contributed by atoms with Crippen molar-refractivity contribution in [1.29, 1.82) is 0 Å². The van der Waals surface area contributed by atoms with E-state index in [1.54, 1.807) is 0 Å². The molecule has 0 aliphatic carbocycles. The van der Waals surface area contributed by atoms with Crippen molar-refractivity contribution in [3.63, 3.8) is 0 Å². The van der Waals surface area contributed by atoms with Gasteiger partial charge in [-0.15, -0.1) is 0 Å². The Balaban J connectivity index is 1.53. The van der Waals surface area contributed by atoms with Gasteiger partial charge >= 0.3 is 5.97 Å². The van der Waals surface area contributed by atoms with Crippen LogP contribution in [0.4, 0.5) is 0 Å². The van der Waals surface area contributed by atoms with Crippen molar-refractivity contribution >= 4 is 16.7 Å². The first-order valence-corrected chi connectivity index (χ1v) is 9.49. The van der Waals surface area contributed by atoms with E-state index in [4.69, 9.17) is 9.63 Å². The third-order valence-electron chi connectivity index (χ3n) is 5.18. The standard InChI is InChI=1S/C21H23N3O3/c25-19(26)9-5-13-24-12-4-3-8-18(24)21-22-20(23-27-21)17-11-10-15-6-1-2-7-16(15)14-17/h1-2,6-7,10-11,14,18H,3-5,8-9,12-13H2,(H,25,26)/t18-/m0/s1.